The Morgan fingerprint density at radius 3 is 2.05 bits per heavy atom. The van der Waals surface area contributed by atoms with Gasteiger partial charge in [0, 0.05) is 28.9 Å². The monoisotopic (exact) mass is 643 g/mol. The van der Waals surface area contributed by atoms with Gasteiger partial charge in [-0.05, 0) is 71.6 Å². The second-order valence-corrected chi connectivity index (χ2v) is 10.3. The Balaban J connectivity index is 1.76. The minimum Gasteiger partial charge on any atom is -0.457 e. The summed E-state index contributed by atoms with van der Waals surface area (Å²) in [6.07, 6.45) is -9.80. The van der Waals surface area contributed by atoms with Gasteiger partial charge < -0.3 is 14.7 Å². The van der Waals surface area contributed by atoms with Crippen LogP contribution in [0.1, 0.15) is 40.8 Å². The minimum absolute atomic E-state index is 0.0356. The van der Waals surface area contributed by atoms with Crippen LogP contribution in [0.5, 0.6) is 11.5 Å². The van der Waals surface area contributed by atoms with E-state index in [9.17, 15) is 40.2 Å². The van der Waals surface area contributed by atoms with E-state index in [1.165, 1.54) is 23.1 Å². The summed E-state index contributed by atoms with van der Waals surface area (Å²) in [6, 6.07) is 18.2. The van der Waals surface area contributed by atoms with Crippen LogP contribution in [0.3, 0.4) is 0 Å². The normalized spacial score (nSPS) is 13.1. The van der Waals surface area contributed by atoms with Crippen molar-refractivity contribution in [2.75, 3.05) is 11.5 Å². The Morgan fingerprint density at radius 1 is 0.773 bits per heavy atom. The van der Waals surface area contributed by atoms with E-state index >= 15 is 0 Å². The van der Waals surface area contributed by atoms with Gasteiger partial charge in [0.2, 0.25) is 0 Å². The number of alkyl halides is 8. The van der Waals surface area contributed by atoms with E-state index in [0.717, 1.165) is 23.8 Å². The molecule has 0 radical (unpaired) electrons. The molecule has 0 aliphatic heterocycles. The molecule has 0 fully saturated rings. The topological polar surface area (TPSA) is 32.7 Å². The number of benzene rings is 4. The summed E-state index contributed by atoms with van der Waals surface area (Å²) in [5.41, 5.74) is -0.734. The zero-order valence-corrected chi connectivity index (χ0v) is 23.8. The summed E-state index contributed by atoms with van der Waals surface area (Å²) in [5, 5.41) is 11.0. The van der Waals surface area contributed by atoms with E-state index in [4.69, 9.17) is 16.3 Å². The predicted octanol–water partition coefficient (Wildman–Crippen LogP) is 10.1. The van der Waals surface area contributed by atoms with Crippen LogP contribution in [0.25, 0.3) is 0 Å². The molecule has 1 atom stereocenters. The fourth-order valence-corrected chi connectivity index (χ4v) is 4.88. The fourth-order valence-electron chi connectivity index (χ4n) is 4.63. The highest BCUT2D eigenvalue weighted by atomic mass is 35.5. The van der Waals surface area contributed by atoms with Gasteiger partial charge in [-0.25, -0.2) is 0 Å². The number of aryl methyl sites for hydroxylation is 1. The lowest BCUT2D eigenvalue weighted by molar-refractivity contribution is -0.289. The van der Waals surface area contributed by atoms with Crippen LogP contribution in [-0.2, 0) is 25.1 Å². The smallest absolute Gasteiger partial charge is 0.457 e. The Kier molecular flexibility index (Phi) is 9.80. The van der Waals surface area contributed by atoms with Crippen molar-refractivity contribution < 1.29 is 45.0 Å². The van der Waals surface area contributed by atoms with Crippen molar-refractivity contribution in [3.05, 3.63) is 124 Å². The van der Waals surface area contributed by atoms with Crippen LogP contribution in [-0.4, -0.2) is 17.9 Å². The second kappa shape index (κ2) is 13.0. The Labute approximate surface area is 253 Å². The third-order valence-electron chi connectivity index (χ3n) is 6.95. The maximum absolute atomic E-state index is 14.2. The summed E-state index contributed by atoms with van der Waals surface area (Å²) < 4.78 is 113. The Hall–Kier alpha value is -3.83. The molecule has 4 aromatic rings. The zero-order valence-electron chi connectivity index (χ0n) is 23.1. The summed E-state index contributed by atoms with van der Waals surface area (Å²) in [7, 11) is 0. The molecule has 0 amide bonds. The zero-order chi connectivity index (χ0) is 32.3. The lowest BCUT2D eigenvalue weighted by atomic mass is 10.0. The Morgan fingerprint density at radius 2 is 1.43 bits per heavy atom. The summed E-state index contributed by atoms with van der Waals surface area (Å²) in [5.74, 6) is -4.35. The molecule has 0 bridgehead atoms. The summed E-state index contributed by atoms with van der Waals surface area (Å²) in [4.78, 5) is 1.49. The van der Waals surface area contributed by atoms with Crippen molar-refractivity contribution in [2.24, 2.45) is 0 Å². The van der Waals surface area contributed by atoms with Crippen molar-refractivity contribution in [1.82, 2.24) is 0 Å². The number of hydrogen-bond acceptors (Lipinski definition) is 3. The number of hydrogen-bond donors (Lipinski definition) is 1. The average Bonchev–Trinajstić information content (AvgIpc) is 2.97. The van der Waals surface area contributed by atoms with E-state index in [0.29, 0.717) is 40.8 Å². The van der Waals surface area contributed by atoms with Crippen molar-refractivity contribution in [2.45, 2.75) is 44.2 Å². The van der Waals surface area contributed by atoms with E-state index in [2.05, 4.69) is 0 Å². The number of nitrogens with zero attached hydrogens (tertiary/aromatic N) is 1. The lowest BCUT2D eigenvalue weighted by Gasteiger charge is -2.34. The highest BCUT2D eigenvalue weighted by Crippen LogP contribution is 2.44. The first-order valence-corrected chi connectivity index (χ1v) is 13.7. The number of aliphatic hydroxyl groups is 1. The first-order valence-electron chi connectivity index (χ1n) is 13.3. The predicted molar refractivity (Wildman–Crippen MR) is 151 cm³/mol. The van der Waals surface area contributed by atoms with Gasteiger partial charge in [-0.2, -0.15) is 35.1 Å². The quantitative estimate of drug-likeness (QED) is 0.175. The molecule has 0 aromatic heterocycles. The van der Waals surface area contributed by atoms with E-state index < -0.39 is 42.1 Å². The van der Waals surface area contributed by atoms with E-state index in [-0.39, 0.29) is 17.7 Å². The lowest BCUT2D eigenvalue weighted by Crippen LogP contribution is -2.34. The minimum atomic E-state index is -5.83. The molecule has 0 heterocycles. The van der Waals surface area contributed by atoms with Crippen LogP contribution < -0.4 is 9.64 Å². The molecule has 1 N–H and O–H groups in total. The van der Waals surface area contributed by atoms with Gasteiger partial charge in [0.25, 0.3) is 0 Å². The first-order chi connectivity index (χ1) is 20.6. The van der Waals surface area contributed by atoms with Crippen LogP contribution in [0.2, 0.25) is 5.02 Å². The molecule has 0 aliphatic carbocycles. The molecule has 4 aromatic carbocycles. The standard InChI is InChI=1S/C32H26ClF8NO2/c1-2-21-16-27(13-14-28(21)33)44-26-8-4-7-25(17-26)42(29(19-43)22-9-11-23(12-10-22)31(36,37)38)18-20-5-3-6-24(15-20)30(34,35)32(39,40)41/h3-17,29,43H,2,18-19H2,1H3. The molecular weight excluding hydrogens is 618 g/mol. The molecule has 0 aliphatic rings. The maximum Gasteiger partial charge on any atom is 0.458 e. The van der Waals surface area contributed by atoms with E-state index in [1.807, 2.05) is 6.92 Å². The molecule has 0 saturated carbocycles. The summed E-state index contributed by atoms with van der Waals surface area (Å²) >= 11 is 6.19. The fraction of sp³-hybridized carbons (Fsp3) is 0.250. The van der Waals surface area contributed by atoms with Gasteiger partial charge in [-0.3, -0.25) is 0 Å². The maximum atomic E-state index is 14.2. The number of anilines is 1. The van der Waals surface area contributed by atoms with Gasteiger partial charge in [0.1, 0.15) is 11.5 Å². The third-order valence-corrected chi connectivity index (χ3v) is 7.32. The second-order valence-electron chi connectivity index (χ2n) is 9.92. The number of ether oxygens (including phenoxy) is 1. The van der Waals surface area contributed by atoms with Crippen LogP contribution in [0.4, 0.5) is 40.8 Å². The third kappa shape index (κ3) is 7.44. The molecule has 0 spiro atoms. The SMILES string of the molecule is CCc1cc(Oc2cccc(N(Cc3cccc(C(F)(F)C(F)(F)F)c3)C(CO)c3ccc(C(F)(F)F)cc3)c2)ccc1Cl. The highest BCUT2D eigenvalue weighted by molar-refractivity contribution is 6.31. The summed E-state index contributed by atoms with van der Waals surface area (Å²) in [6.45, 7) is 0.990. The molecular formula is C32H26ClF8NO2. The molecule has 1 unspecified atom stereocenters. The van der Waals surface area contributed by atoms with Crippen molar-refractivity contribution >= 4 is 17.3 Å². The van der Waals surface area contributed by atoms with Gasteiger partial charge in [-0.15, -0.1) is 0 Å². The molecule has 0 saturated heterocycles. The molecule has 44 heavy (non-hydrogen) atoms. The largest absolute Gasteiger partial charge is 0.458 e. The molecule has 3 nitrogen and oxygen atoms in total. The highest BCUT2D eigenvalue weighted by Gasteiger charge is 2.58. The van der Waals surface area contributed by atoms with Gasteiger partial charge >= 0.3 is 18.3 Å². The van der Waals surface area contributed by atoms with Gasteiger partial charge in [0.05, 0.1) is 18.2 Å². The Bertz CT molecular complexity index is 1570. The van der Waals surface area contributed by atoms with Crippen molar-refractivity contribution in [3.8, 4) is 11.5 Å². The number of aliphatic hydroxyl groups excluding tert-OH is 1. The van der Waals surface area contributed by atoms with Gasteiger partial charge in [-0.1, -0.05) is 54.9 Å². The van der Waals surface area contributed by atoms with Crippen molar-refractivity contribution in [3.63, 3.8) is 0 Å². The van der Waals surface area contributed by atoms with Crippen molar-refractivity contribution in [1.29, 1.82) is 0 Å². The average molecular weight is 644 g/mol. The number of rotatable bonds is 10. The number of halogens is 9. The van der Waals surface area contributed by atoms with Crippen LogP contribution >= 0.6 is 11.6 Å². The molecule has 4 rings (SSSR count). The van der Waals surface area contributed by atoms with Crippen LogP contribution in [0, 0.1) is 0 Å². The van der Waals surface area contributed by atoms with Crippen LogP contribution in [0.15, 0.2) is 91.0 Å². The first kappa shape index (κ1) is 33.1. The van der Waals surface area contributed by atoms with Gasteiger partial charge in [0.15, 0.2) is 0 Å². The van der Waals surface area contributed by atoms with E-state index in [1.54, 1.807) is 42.5 Å². The molecule has 234 valence electrons. The molecule has 12 heteroatoms.